The summed E-state index contributed by atoms with van der Waals surface area (Å²) >= 11 is 0. The third-order valence-corrected chi connectivity index (χ3v) is 5.21. The Hall–Kier alpha value is -1.80. The molecule has 0 spiro atoms. The molecule has 0 aliphatic carbocycles. The molecule has 1 aliphatic rings. The molecule has 6 heteroatoms. The van der Waals surface area contributed by atoms with Crippen LogP contribution in [0.15, 0.2) is 65.7 Å². The van der Waals surface area contributed by atoms with E-state index in [0.717, 1.165) is 51.6 Å². The molecule has 1 aliphatic heterocycles. The van der Waals surface area contributed by atoms with E-state index in [1.807, 2.05) is 13.1 Å². The van der Waals surface area contributed by atoms with E-state index < -0.39 is 0 Å². The first-order chi connectivity index (χ1) is 13.8. The van der Waals surface area contributed by atoms with Gasteiger partial charge in [0.25, 0.3) is 0 Å². The van der Waals surface area contributed by atoms with Gasteiger partial charge in [0, 0.05) is 52.0 Å². The number of hydrogen-bond acceptors (Lipinski definition) is 3. The quantitative estimate of drug-likeness (QED) is 0.248. The first-order valence-electron chi connectivity index (χ1n) is 10.4. The smallest absolute Gasteiger partial charge is 0.191 e. The molecule has 0 amide bonds. The SMILES string of the molecule is CN=C(NCCCCN1CCN(c2ccccc2)CC1)NCc1ccccc1.I. The van der Waals surface area contributed by atoms with Gasteiger partial charge in [0.05, 0.1) is 0 Å². The van der Waals surface area contributed by atoms with Crippen LogP contribution >= 0.6 is 24.0 Å². The third-order valence-electron chi connectivity index (χ3n) is 5.21. The maximum atomic E-state index is 4.31. The minimum absolute atomic E-state index is 0. The minimum atomic E-state index is 0. The predicted octanol–water partition coefficient (Wildman–Crippen LogP) is 3.57. The highest BCUT2D eigenvalue weighted by Gasteiger charge is 2.16. The van der Waals surface area contributed by atoms with Gasteiger partial charge in [-0.15, -0.1) is 24.0 Å². The molecule has 1 saturated heterocycles. The summed E-state index contributed by atoms with van der Waals surface area (Å²) in [6, 6.07) is 21.2. The molecule has 0 bridgehead atoms. The van der Waals surface area contributed by atoms with Crippen molar-refractivity contribution in [2.75, 3.05) is 51.2 Å². The van der Waals surface area contributed by atoms with Crippen molar-refractivity contribution in [2.24, 2.45) is 4.99 Å². The molecule has 0 aromatic heterocycles. The van der Waals surface area contributed by atoms with Gasteiger partial charge in [-0.05, 0) is 37.1 Å². The number of nitrogens with zero attached hydrogens (tertiary/aromatic N) is 3. The molecule has 0 atom stereocenters. The Balaban J connectivity index is 0.00000300. The molecule has 0 unspecified atom stereocenters. The zero-order valence-corrected chi connectivity index (χ0v) is 19.7. The Morgan fingerprint density at radius 3 is 2.17 bits per heavy atom. The molecular formula is C23H34IN5. The number of anilines is 1. The predicted molar refractivity (Wildman–Crippen MR) is 134 cm³/mol. The largest absolute Gasteiger partial charge is 0.369 e. The number of guanidine groups is 1. The molecule has 2 N–H and O–H groups in total. The summed E-state index contributed by atoms with van der Waals surface area (Å²) in [5.41, 5.74) is 2.61. The summed E-state index contributed by atoms with van der Waals surface area (Å²) in [6.45, 7) is 7.49. The molecule has 5 nitrogen and oxygen atoms in total. The zero-order valence-electron chi connectivity index (χ0n) is 17.4. The number of aliphatic imine (C=N–C) groups is 1. The van der Waals surface area contributed by atoms with E-state index in [-0.39, 0.29) is 24.0 Å². The summed E-state index contributed by atoms with van der Waals surface area (Å²) in [5.74, 6) is 0.875. The molecule has 1 heterocycles. The van der Waals surface area contributed by atoms with Gasteiger partial charge in [0.1, 0.15) is 0 Å². The zero-order chi connectivity index (χ0) is 19.4. The van der Waals surface area contributed by atoms with Gasteiger partial charge in [-0.25, -0.2) is 0 Å². The lowest BCUT2D eigenvalue weighted by Gasteiger charge is -2.36. The van der Waals surface area contributed by atoms with E-state index in [2.05, 4.69) is 80.0 Å². The number of para-hydroxylation sites is 1. The highest BCUT2D eigenvalue weighted by atomic mass is 127. The fraction of sp³-hybridized carbons (Fsp3) is 0.435. The Morgan fingerprint density at radius 2 is 1.52 bits per heavy atom. The lowest BCUT2D eigenvalue weighted by Crippen LogP contribution is -2.46. The second-order valence-corrected chi connectivity index (χ2v) is 7.21. The van der Waals surface area contributed by atoms with E-state index in [0.29, 0.717) is 0 Å². The highest BCUT2D eigenvalue weighted by molar-refractivity contribution is 14.0. The van der Waals surface area contributed by atoms with Crippen molar-refractivity contribution in [3.8, 4) is 0 Å². The van der Waals surface area contributed by atoms with E-state index in [1.165, 1.54) is 24.2 Å². The summed E-state index contributed by atoms with van der Waals surface area (Å²) in [4.78, 5) is 9.38. The second kappa shape index (κ2) is 13.4. The van der Waals surface area contributed by atoms with Gasteiger partial charge in [0.2, 0.25) is 0 Å². The Morgan fingerprint density at radius 1 is 0.862 bits per heavy atom. The monoisotopic (exact) mass is 507 g/mol. The van der Waals surface area contributed by atoms with Crippen LogP contribution in [0.3, 0.4) is 0 Å². The van der Waals surface area contributed by atoms with Crippen LogP contribution < -0.4 is 15.5 Å². The molecule has 2 aromatic carbocycles. The van der Waals surface area contributed by atoms with Crippen molar-refractivity contribution < 1.29 is 0 Å². The standard InChI is InChI=1S/C23H33N5.HI/c1-24-23(26-20-21-10-4-2-5-11-21)25-14-8-9-15-27-16-18-28(19-17-27)22-12-6-3-7-13-22;/h2-7,10-13H,8-9,14-20H2,1H3,(H2,24,25,26);1H. The van der Waals surface area contributed by atoms with Crippen LogP contribution in [0, 0.1) is 0 Å². The van der Waals surface area contributed by atoms with Crippen LogP contribution in [0.2, 0.25) is 0 Å². The Kier molecular flexibility index (Phi) is 10.9. The van der Waals surface area contributed by atoms with Crippen LogP contribution in [-0.4, -0.2) is 57.2 Å². The second-order valence-electron chi connectivity index (χ2n) is 7.21. The van der Waals surface area contributed by atoms with Crippen molar-refractivity contribution in [1.82, 2.24) is 15.5 Å². The maximum absolute atomic E-state index is 4.31. The average Bonchev–Trinajstić information content (AvgIpc) is 2.77. The molecule has 158 valence electrons. The molecule has 1 fully saturated rings. The van der Waals surface area contributed by atoms with Crippen LogP contribution in [0.25, 0.3) is 0 Å². The van der Waals surface area contributed by atoms with Crippen LogP contribution in [0.5, 0.6) is 0 Å². The molecular weight excluding hydrogens is 473 g/mol. The average molecular weight is 507 g/mol. The number of rotatable bonds is 8. The molecule has 2 aromatic rings. The van der Waals surface area contributed by atoms with Crippen molar-refractivity contribution in [3.05, 3.63) is 66.2 Å². The maximum Gasteiger partial charge on any atom is 0.191 e. The highest BCUT2D eigenvalue weighted by Crippen LogP contribution is 2.15. The van der Waals surface area contributed by atoms with Gasteiger partial charge in [-0.2, -0.15) is 0 Å². The van der Waals surface area contributed by atoms with Gasteiger partial charge in [0.15, 0.2) is 5.96 Å². The number of piperazine rings is 1. The van der Waals surface area contributed by atoms with Crippen LogP contribution in [0.4, 0.5) is 5.69 Å². The van der Waals surface area contributed by atoms with Gasteiger partial charge < -0.3 is 15.5 Å². The van der Waals surface area contributed by atoms with Gasteiger partial charge >= 0.3 is 0 Å². The summed E-state index contributed by atoms with van der Waals surface area (Å²) in [7, 11) is 1.83. The third kappa shape index (κ3) is 8.22. The number of nitrogens with one attached hydrogen (secondary N) is 2. The van der Waals surface area contributed by atoms with Crippen molar-refractivity contribution >= 4 is 35.6 Å². The summed E-state index contributed by atoms with van der Waals surface area (Å²) in [6.07, 6.45) is 2.37. The number of benzene rings is 2. The molecule has 3 rings (SSSR count). The fourth-order valence-electron chi connectivity index (χ4n) is 3.54. The lowest BCUT2D eigenvalue weighted by atomic mass is 10.2. The van der Waals surface area contributed by atoms with Crippen LogP contribution in [0.1, 0.15) is 18.4 Å². The summed E-state index contributed by atoms with van der Waals surface area (Å²) in [5, 5.41) is 6.79. The lowest BCUT2D eigenvalue weighted by molar-refractivity contribution is 0.253. The van der Waals surface area contributed by atoms with Crippen LogP contribution in [-0.2, 0) is 6.54 Å². The van der Waals surface area contributed by atoms with Crippen molar-refractivity contribution in [3.63, 3.8) is 0 Å². The number of unbranched alkanes of at least 4 members (excludes halogenated alkanes) is 1. The number of halogens is 1. The van der Waals surface area contributed by atoms with E-state index in [4.69, 9.17) is 0 Å². The minimum Gasteiger partial charge on any atom is -0.369 e. The van der Waals surface area contributed by atoms with Gasteiger partial charge in [-0.1, -0.05) is 48.5 Å². The topological polar surface area (TPSA) is 42.9 Å². The van der Waals surface area contributed by atoms with E-state index in [9.17, 15) is 0 Å². The Bertz CT molecular complexity index is 700. The molecule has 29 heavy (non-hydrogen) atoms. The first kappa shape index (κ1) is 23.5. The fourth-order valence-corrected chi connectivity index (χ4v) is 3.54. The normalized spacial score (nSPS) is 14.9. The van der Waals surface area contributed by atoms with Crippen molar-refractivity contribution in [2.45, 2.75) is 19.4 Å². The molecule has 0 saturated carbocycles. The van der Waals surface area contributed by atoms with Crippen molar-refractivity contribution in [1.29, 1.82) is 0 Å². The summed E-state index contributed by atoms with van der Waals surface area (Å²) < 4.78 is 0. The number of hydrogen-bond donors (Lipinski definition) is 2. The first-order valence-corrected chi connectivity index (χ1v) is 10.4. The Labute approximate surface area is 192 Å². The van der Waals surface area contributed by atoms with E-state index >= 15 is 0 Å². The van der Waals surface area contributed by atoms with Gasteiger partial charge in [-0.3, -0.25) is 9.89 Å². The molecule has 0 radical (unpaired) electrons. The van der Waals surface area contributed by atoms with E-state index in [1.54, 1.807) is 0 Å².